The zero-order valence-electron chi connectivity index (χ0n) is 10.7. The van der Waals surface area contributed by atoms with Crippen molar-refractivity contribution in [1.82, 2.24) is 0 Å². The van der Waals surface area contributed by atoms with Gasteiger partial charge in [-0.1, -0.05) is 30.3 Å². The van der Waals surface area contributed by atoms with Gasteiger partial charge in [-0.05, 0) is 17.7 Å². The Balaban J connectivity index is 2.28. The highest BCUT2D eigenvalue weighted by Crippen LogP contribution is 2.31. The van der Waals surface area contributed by atoms with Crippen LogP contribution in [0.1, 0.15) is 21.5 Å². The fourth-order valence-electron chi connectivity index (χ4n) is 1.75. The summed E-state index contributed by atoms with van der Waals surface area (Å²) >= 11 is 1.47. The molecule has 0 spiro atoms. The van der Waals surface area contributed by atoms with E-state index in [1.807, 2.05) is 30.3 Å². The van der Waals surface area contributed by atoms with Gasteiger partial charge in [-0.3, -0.25) is 0 Å². The molecule has 0 amide bonds. The van der Waals surface area contributed by atoms with Crippen molar-refractivity contribution in [3.8, 4) is 0 Å². The minimum atomic E-state index is -1.02. The number of carbonyl (C=O) groups is 1. The summed E-state index contributed by atoms with van der Waals surface area (Å²) in [6.45, 7) is 0. The highest BCUT2D eigenvalue weighted by molar-refractivity contribution is 7.98. The second-order valence-electron chi connectivity index (χ2n) is 4.20. The average molecular weight is 286 g/mol. The maximum atomic E-state index is 11.1. The van der Waals surface area contributed by atoms with Gasteiger partial charge in [0.15, 0.2) is 0 Å². The van der Waals surface area contributed by atoms with Crippen LogP contribution in [0.4, 0.5) is 5.69 Å². The lowest BCUT2D eigenvalue weighted by Gasteiger charge is -2.10. The lowest BCUT2D eigenvalue weighted by molar-refractivity contribution is 0.0696. The molecule has 4 N–H and O–H groups in total. The molecule has 0 aromatic heterocycles. The van der Waals surface area contributed by atoms with Crippen LogP contribution in [-0.2, 0) is 5.75 Å². The predicted octanol–water partition coefficient (Wildman–Crippen LogP) is 3.26. The summed E-state index contributed by atoms with van der Waals surface area (Å²) in [7, 11) is 0. The van der Waals surface area contributed by atoms with Crippen molar-refractivity contribution in [3.05, 3.63) is 59.2 Å². The minimum Gasteiger partial charge on any atom is -0.478 e. The third-order valence-electron chi connectivity index (χ3n) is 2.81. The quantitative estimate of drug-likeness (QED) is 0.447. The Hall–Kier alpha value is -2.27. The average Bonchev–Trinajstić information content (AvgIpc) is 2.47. The molecule has 0 bridgehead atoms. The smallest absolute Gasteiger partial charge is 0.335 e. The van der Waals surface area contributed by atoms with E-state index in [9.17, 15) is 4.79 Å². The number of rotatable bonds is 5. The molecule has 2 aromatic rings. The third kappa shape index (κ3) is 3.19. The Bertz CT molecular complexity index is 642. The Morgan fingerprint density at radius 1 is 1.30 bits per heavy atom. The van der Waals surface area contributed by atoms with Crippen LogP contribution in [-0.4, -0.2) is 17.3 Å². The first-order valence-electron chi connectivity index (χ1n) is 5.96. The summed E-state index contributed by atoms with van der Waals surface area (Å²) in [4.78, 5) is 11.8. The number of carboxylic acid groups (broad SMARTS) is 1. The fraction of sp³-hybridized carbons (Fsp3) is 0.0667. The van der Waals surface area contributed by atoms with Gasteiger partial charge in [0, 0.05) is 22.4 Å². The van der Waals surface area contributed by atoms with E-state index in [0.717, 1.165) is 11.8 Å². The summed E-state index contributed by atoms with van der Waals surface area (Å²) < 4.78 is 0. The number of benzene rings is 2. The minimum absolute atomic E-state index is 0.147. The number of anilines is 1. The van der Waals surface area contributed by atoms with Gasteiger partial charge in [-0.15, -0.1) is 11.8 Å². The van der Waals surface area contributed by atoms with Crippen LogP contribution in [0, 0.1) is 5.41 Å². The topological polar surface area (TPSA) is 87.2 Å². The SMILES string of the molecule is N=Cc1cc(C(=O)O)cc(SCc2ccccc2)c1N. The second kappa shape index (κ2) is 6.25. The number of thioether (sulfide) groups is 1. The summed E-state index contributed by atoms with van der Waals surface area (Å²) in [6, 6.07) is 12.8. The highest BCUT2D eigenvalue weighted by Gasteiger charge is 2.11. The molecule has 0 atom stereocenters. The van der Waals surface area contributed by atoms with Crippen LogP contribution >= 0.6 is 11.8 Å². The van der Waals surface area contributed by atoms with Crippen molar-refractivity contribution < 1.29 is 9.90 Å². The van der Waals surface area contributed by atoms with Crippen LogP contribution in [0.5, 0.6) is 0 Å². The molecule has 0 aliphatic carbocycles. The molecule has 4 nitrogen and oxygen atoms in total. The summed E-state index contributed by atoms with van der Waals surface area (Å²) in [6.07, 6.45) is 1.08. The van der Waals surface area contributed by atoms with Gasteiger partial charge in [0.2, 0.25) is 0 Å². The van der Waals surface area contributed by atoms with E-state index in [0.29, 0.717) is 21.9 Å². The normalized spacial score (nSPS) is 10.2. The van der Waals surface area contributed by atoms with Crippen molar-refractivity contribution >= 4 is 29.6 Å². The van der Waals surface area contributed by atoms with Crippen LogP contribution in [0.2, 0.25) is 0 Å². The van der Waals surface area contributed by atoms with Gasteiger partial charge in [0.1, 0.15) is 0 Å². The van der Waals surface area contributed by atoms with E-state index in [1.54, 1.807) is 6.07 Å². The van der Waals surface area contributed by atoms with E-state index < -0.39 is 5.97 Å². The Labute approximate surface area is 121 Å². The molecule has 102 valence electrons. The Morgan fingerprint density at radius 3 is 2.60 bits per heavy atom. The van der Waals surface area contributed by atoms with Gasteiger partial charge >= 0.3 is 5.97 Å². The monoisotopic (exact) mass is 286 g/mol. The molecule has 5 heteroatoms. The van der Waals surface area contributed by atoms with Gasteiger partial charge in [-0.25, -0.2) is 4.79 Å². The molecule has 0 aliphatic rings. The summed E-state index contributed by atoms with van der Waals surface area (Å²) in [5, 5.41) is 16.4. The third-order valence-corrected chi connectivity index (χ3v) is 3.94. The number of aromatic carboxylic acids is 1. The first-order valence-corrected chi connectivity index (χ1v) is 6.94. The molecule has 0 radical (unpaired) electrons. The van der Waals surface area contributed by atoms with Gasteiger partial charge in [-0.2, -0.15) is 0 Å². The second-order valence-corrected chi connectivity index (χ2v) is 5.22. The molecule has 0 heterocycles. The van der Waals surface area contributed by atoms with Crippen LogP contribution in [0.15, 0.2) is 47.4 Å². The number of hydrogen-bond acceptors (Lipinski definition) is 4. The standard InChI is InChI=1S/C15H14N2O2S/c16-8-12-6-11(15(18)19)7-13(14(12)17)20-9-10-4-2-1-3-5-10/h1-8,16H,9,17H2,(H,18,19). The molecule has 0 saturated carbocycles. The molecule has 2 aromatic carbocycles. The largest absolute Gasteiger partial charge is 0.478 e. The van der Waals surface area contributed by atoms with Crippen molar-refractivity contribution in [2.75, 3.05) is 5.73 Å². The number of nitrogens with one attached hydrogen (secondary N) is 1. The molecule has 20 heavy (non-hydrogen) atoms. The predicted molar refractivity (Wildman–Crippen MR) is 81.7 cm³/mol. The molecular formula is C15H14N2O2S. The van der Waals surface area contributed by atoms with Crippen LogP contribution in [0.3, 0.4) is 0 Å². The van der Waals surface area contributed by atoms with Crippen LogP contribution < -0.4 is 5.73 Å². The van der Waals surface area contributed by atoms with Gasteiger partial charge < -0.3 is 16.2 Å². The lowest BCUT2D eigenvalue weighted by Crippen LogP contribution is -2.02. The van der Waals surface area contributed by atoms with Crippen molar-refractivity contribution in [3.63, 3.8) is 0 Å². The maximum Gasteiger partial charge on any atom is 0.335 e. The molecule has 2 rings (SSSR count). The number of nitrogen functional groups attached to an aromatic ring is 1. The molecule has 0 unspecified atom stereocenters. The molecular weight excluding hydrogens is 272 g/mol. The molecule has 0 saturated heterocycles. The van der Waals surface area contributed by atoms with E-state index in [2.05, 4.69) is 0 Å². The Kier molecular flexibility index (Phi) is 4.42. The lowest BCUT2D eigenvalue weighted by atomic mass is 10.1. The Morgan fingerprint density at radius 2 is 2.00 bits per heavy atom. The molecule has 0 fully saturated rings. The summed E-state index contributed by atoms with van der Waals surface area (Å²) in [5.74, 6) is -0.319. The number of hydrogen-bond donors (Lipinski definition) is 3. The number of carboxylic acids is 1. The fourth-order valence-corrected chi connectivity index (χ4v) is 2.74. The first kappa shape index (κ1) is 14.1. The van der Waals surface area contributed by atoms with Crippen molar-refractivity contribution in [1.29, 1.82) is 5.41 Å². The van der Waals surface area contributed by atoms with Gasteiger partial charge in [0.05, 0.1) is 11.3 Å². The van der Waals surface area contributed by atoms with E-state index >= 15 is 0 Å². The highest BCUT2D eigenvalue weighted by atomic mass is 32.2. The number of nitrogens with two attached hydrogens (primary N) is 1. The summed E-state index contributed by atoms with van der Waals surface area (Å²) in [5.41, 5.74) is 8.12. The van der Waals surface area contributed by atoms with Crippen LogP contribution in [0.25, 0.3) is 0 Å². The van der Waals surface area contributed by atoms with Crippen molar-refractivity contribution in [2.45, 2.75) is 10.6 Å². The van der Waals surface area contributed by atoms with E-state index in [1.165, 1.54) is 17.8 Å². The van der Waals surface area contributed by atoms with Gasteiger partial charge in [0.25, 0.3) is 0 Å². The van der Waals surface area contributed by atoms with E-state index in [4.69, 9.17) is 16.2 Å². The maximum absolute atomic E-state index is 11.1. The zero-order chi connectivity index (χ0) is 14.5. The molecule has 0 aliphatic heterocycles. The zero-order valence-corrected chi connectivity index (χ0v) is 11.5. The van der Waals surface area contributed by atoms with Crippen molar-refractivity contribution in [2.24, 2.45) is 0 Å². The van der Waals surface area contributed by atoms with E-state index in [-0.39, 0.29) is 5.56 Å². The first-order chi connectivity index (χ1) is 9.61.